The number of para-hydroxylation sites is 3. The number of hydrogen-bond acceptors (Lipinski definition) is 4. The minimum atomic E-state index is -0.192. The lowest BCUT2D eigenvalue weighted by Crippen LogP contribution is -2.26. The second-order valence-electron chi connectivity index (χ2n) is 6.01. The molecule has 0 aliphatic carbocycles. The van der Waals surface area contributed by atoms with E-state index in [4.69, 9.17) is 21.3 Å². The second kappa shape index (κ2) is 8.00. The maximum absolute atomic E-state index is 13.5. The summed E-state index contributed by atoms with van der Waals surface area (Å²) in [4.78, 5) is 19.8. The molecule has 0 radical (unpaired) electrons. The number of carbonyl (C=O) groups is 1. The Labute approximate surface area is 172 Å². The number of hydrogen-bond donors (Lipinski definition) is 0. The first-order valence-corrected chi connectivity index (χ1v) is 10.0. The number of halogens is 1. The Morgan fingerprint density at radius 2 is 1.75 bits per heavy atom. The molecule has 4 aromatic rings. The van der Waals surface area contributed by atoms with E-state index in [0.717, 1.165) is 10.2 Å². The lowest BCUT2D eigenvalue weighted by molar-refractivity contribution is 0.0998. The Bertz CT molecular complexity index is 1090. The van der Waals surface area contributed by atoms with Gasteiger partial charge < -0.3 is 4.74 Å². The summed E-state index contributed by atoms with van der Waals surface area (Å²) in [6.45, 7) is 2.42. The number of carbonyl (C=O) groups excluding carboxylic acids is 1. The summed E-state index contributed by atoms with van der Waals surface area (Å²) >= 11 is 7.46. The van der Waals surface area contributed by atoms with Gasteiger partial charge in [0, 0.05) is 10.6 Å². The fraction of sp³-hybridized carbons (Fsp3) is 0.0909. The third kappa shape index (κ3) is 3.59. The van der Waals surface area contributed by atoms with E-state index in [1.54, 1.807) is 29.2 Å². The summed E-state index contributed by atoms with van der Waals surface area (Å²) < 4.78 is 6.79. The summed E-state index contributed by atoms with van der Waals surface area (Å²) in [6.07, 6.45) is 0. The summed E-state index contributed by atoms with van der Waals surface area (Å²) in [5.74, 6) is 0.439. The van der Waals surface area contributed by atoms with Crippen LogP contribution in [-0.2, 0) is 0 Å². The Morgan fingerprint density at radius 3 is 2.50 bits per heavy atom. The lowest BCUT2D eigenvalue weighted by atomic mass is 10.2. The highest BCUT2D eigenvalue weighted by Gasteiger charge is 2.25. The smallest absolute Gasteiger partial charge is 0.264 e. The van der Waals surface area contributed by atoms with Gasteiger partial charge in [-0.05, 0) is 55.5 Å². The Hall–Kier alpha value is -2.89. The highest BCUT2D eigenvalue weighted by atomic mass is 35.5. The first-order chi connectivity index (χ1) is 13.7. The molecule has 0 unspecified atom stereocenters. The van der Waals surface area contributed by atoms with Crippen molar-refractivity contribution in [3.05, 3.63) is 83.4 Å². The third-order valence-corrected chi connectivity index (χ3v) is 5.45. The Kier molecular flexibility index (Phi) is 5.28. The van der Waals surface area contributed by atoms with Gasteiger partial charge in [0.15, 0.2) is 5.13 Å². The first kappa shape index (κ1) is 18.5. The molecular weight excluding hydrogens is 392 g/mol. The molecule has 3 aromatic carbocycles. The summed E-state index contributed by atoms with van der Waals surface area (Å²) in [5, 5.41) is 1.17. The molecule has 4 nitrogen and oxygen atoms in total. The van der Waals surface area contributed by atoms with E-state index in [2.05, 4.69) is 0 Å². The van der Waals surface area contributed by atoms with E-state index in [1.807, 2.05) is 55.5 Å². The first-order valence-electron chi connectivity index (χ1n) is 8.85. The fourth-order valence-corrected chi connectivity index (χ4v) is 4.00. The van der Waals surface area contributed by atoms with E-state index < -0.39 is 0 Å². The summed E-state index contributed by atoms with van der Waals surface area (Å²) in [5.41, 5.74) is 2.03. The molecule has 0 aliphatic rings. The average molecular weight is 409 g/mol. The number of fused-ring (bicyclic) bond motifs is 1. The zero-order valence-electron chi connectivity index (χ0n) is 15.1. The Morgan fingerprint density at radius 1 is 1.04 bits per heavy atom. The van der Waals surface area contributed by atoms with Crippen molar-refractivity contribution in [2.75, 3.05) is 11.5 Å². The number of thiazole rings is 1. The van der Waals surface area contributed by atoms with Crippen LogP contribution in [0.3, 0.4) is 0 Å². The van der Waals surface area contributed by atoms with Gasteiger partial charge in [0.25, 0.3) is 5.91 Å². The maximum atomic E-state index is 13.5. The van der Waals surface area contributed by atoms with Crippen LogP contribution in [0.15, 0.2) is 72.8 Å². The van der Waals surface area contributed by atoms with Crippen molar-refractivity contribution in [1.82, 2.24) is 4.98 Å². The monoisotopic (exact) mass is 408 g/mol. The van der Waals surface area contributed by atoms with Gasteiger partial charge >= 0.3 is 0 Å². The minimum Gasteiger partial charge on any atom is -0.492 e. The zero-order valence-corrected chi connectivity index (χ0v) is 16.7. The molecule has 0 fully saturated rings. The number of nitrogens with zero attached hydrogens (tertiary/aromatic N) is 2. The van der Waals surface area contributed by atoms with Gasteiger partial charge in [0.1, 0.15) is 5.75 Å². The molecule has 0 saturated heterocycles. The van der Waals surface area contributed by atoms with E-state index in [1.165, 1.54) is 11.3 Å². The number of anilines is 2. The van der Waals surface area contributed by atoms with Crippen LogP contribution >= 0.6 is 22.9 Å². The summed E-state index contributed by atoms with van der Waals surface area (Å²) in [6, 6.07) is 22.2. The third-order valence-electron chi connectivity index (χ3n) is 4.17. The van der Waals surface area contributed by atoms with Crippen molar-refractivity contribution >= 4 is 49.9 Å². The van der Waals surface area contributed by atoms with Gasteiger partial charge in [0.05, 0.1) is 22.5 Å². The standard InChI is InChI=1S/C22H17ClN2O2S/c1-2-27-19-9-5-4-8-18(19)25(21(26)15-11-13-16(23)14-12-15)22-24-17-7-3-6-10-20(17)28-22/h3-14H,2H2,1H3. The fourth-order valence-electron chi connectivity index (χ4n) is 2.90. The largest absolute Gasteiger partial charge is 0.492 e. The van der Waals surface area contributed by atoms with E-state index >= 15 is 0 Å². The number of amides is 1. The highest BCUT2D eigenvalue weighted by Crippen LogP contribution is 2.39. The maximum Gasteiger partial charge on any atom is 0.264 e. The van der Waals surface area contributed by atoms with Crippen LogP contribution < -0.4 is 9.64 Å². The van der Waals surface area contributed by atoms with Gasteiger partial charge in [-0.2, -0.15) is 0 Å². The number of benzene rings is 3. The topological polar surface area (TPSA) is 42.4 Å². The van der Waals surface area contributed by atoms with Gasteiger partial charge in [-0.15, -0.1) is 0 Å². The van der Waals surface area contributed by atoms with Crippen LogP contribution in [0.25, 0.3) is 10.2 Å². The number of ether oxygens (including phenoxy) is 1. The molecule has 1 amide bonds. The molecule has 0 aliphatic heterocycles. The van der Waals surface area contributed by atoms with Crippen LogP contribution in [0.5, 0.6) is 5.75 Å². The van der Waals surface area contributed by atoms with Crippen LogP contribution in [0.2, 0.25) is 5.02 Å². The van der Waals surface area contributed by atoms with Gasteiger partial charge in [-0.3, -0.25) is 4.79 Å². The molecule has 1 heterocycles. The number of rotatable bonds is 5. The molecule has 0 N–H and O–H groups in total. The minimum absolute atomic E-state index is 0.192. The van der Waals surface area contributed by atoms with Crippen molar-refractivity contribution in [3.8, 4) is 5.75 Å². The second-order valence-corrected chi connectivity index (χ2v) is 7.46. The quantitative estimate of drug-likeness (QED) is 0.387. The molecule has 28 heavy (non-hydrogen) atoms. The Balaban J connectivity index is 1.88. The predicted molar refractivity (Wildman–Crippen MR) is 115 cm³/mol. The van der Waals surface area contributed by atoms with Gasteiger partial charge in [-0.25, -0.2) is 9.88 Å². The van der Waals surface area contributed by atoms with Crippen LogP contribution in [-0.4, -0.2) is 17.5 Å². The molecular formula is C22H17ClN2O2S. The number of aromatic nitrogens is 1. The van der Waals surface area contributed by atoms with E-state index in [-0.39, 0.29) is 5.91 Å². The predicted octanol–water partition coefficient (Wildman–Crippen LogP) is 6.33. The SMILES string of the molecule is CCOc1ccccc1N(C(=O)c1ccc(Cl)cc1)c1nc2ccccc2s1. The van der Waals surface area contributed by atoms with E-state index in [9.17, 15) is 4.79 Å². The van der Waals surface area contributed by atoms with Crippen LogP contribution in [0, 0.1) is 0 Å². The molecule has 0 saturated carbocycles. The lowest BCUT2D eigenvalue weighted by Gasteiger charge is -2.22. The average Bonchev–Trinajstić information content (AvgIpc) is 3.14. The van der Waals surface area contributed by atoms with Gasteiger partial charge in [0.2, 0.25) is 0 Å². The van der Waals surface area contributed by atoms with Crippen LogP contribution in [0.1, 0.15) is 17.3 Å². The zero-order chi connectivity index (χ0) is 19.5. The van der Waals surface area contributed by atoms with Crippen molar-refractivity contribution in [1.29, 1.82) is 0 Å². The van der Waals surface area contributed by atoms with Gasteiger partial charge in [-0.1, -0.05) is 47.2 Å². The molecule has 6 heteroatoms. The highest BCUT2D eigenvalue weighted by molar-refractivity contribution is 7.22. The van der Waals surface area contributed by atoms with Crippen LogP contribution in [0.4, 0.5) is 10.8 Å². The van der Waals surface area contributed by atoms with Crippen molar-refractivity contribution in [3.63, 3.8) is 0 Å². The molecule has 1 aromatic heterocycles. The molecule has 0 spiro atoms. The van der Waals surface area contributed by atoms with Crippen molar-refractivity contribution < 1.29 is 9.53 Å². The van der Waals surface area contributed by atoms with E-state index in [0.29, 0.717) is 33.8 Å². The van der Waals surface area contributed by atoms with Crippen molar-refractivity contribution in [2.45, 2.75) is 6.92 Å². The summed E-state index contributed by atoms with van der Waals surface area (Å²) in [7, 11) is 0. The normalized spacial score (nSPS) is 10.8. The molecule has 0 bridgehead atoms. The van der Waals surface area contributed by atoms with Crippen molar-refractivity contribution in [2.24, 2.45) is 0 Å². The molecule has 140 valence electrons. The molecule has 4 rings (SSSR count). The molecule has 0 atom stereocenters.